The van der Waals surface area contributed by atoms with Gasteiger partial charge in [-0.1, -0.05) is 298 Å². The summed E-state index contributed by atoms with van der Waals surface area (Å²) in [6, 6.07) is 0. The SMILES string of the molecule is CCCCCCCCCCCCCCC(=O)OC[C@H](COP(=O)(O)OC[C@@H](O)COP(=O)(O)OC[C@@H](COC(=O)CCCCCCCCCC(C)C)OC(=O)CCCCCCCCCCCCC)OC(=O)CCCCCCCCCCCCCCC(C)C. The van der Waals surface area contributed by atoms with Crippen molar-refractivity contribution < 1.29 is 80.2 Å². The van der Waals surface area contributed by atoms with Crippen LogP contribution in [0.25, 0.3) is 0 Å². The third kappa shape index (κ3) is 62.8. The van der Waals surface area contributed by atoms with Crippen molar-refractivity contribution in [3.05, 3.63) is 0 Å². The lowest BCUT2D eigenvalue weighted by atomic mass is 10.0. The highest BCUT2D eigenvalue weighted by atomic mass is 31.2. The molecule has 0 aromatic rings. The van der Waals surface area contributed by atoms with Crippen LogP contribution < -0.4 is 0 Å². The molecule has 0 radical (unpaired) electrons. The number of esters is 4. The molecule has 3 N–H and O–H groups in total. The molecule has 0 aliphatic rings. The maximum Gasteiger partial charge on any atom is 0.472 e. The Balaban J connectivity index is 5.25. The topological polar surface area (TPSA) is 237 Å². The van der Waals surface area contributed by atoms with E-state index in [2.05, 4.69) is 41.5 Å². The summed E-state index contributed by atoms with van der Waals surface area (Å²) in [6.45, 7) is 9.49. The maximum absolute atomic E-state index is 13.0. The summed E-state index contributed by atoms with van der Waals surface area (Å²) in [6.07, 6.45) is 45.7. The zero-order valence-corrected chi connectivity index (χ0v) is 58.8. The Morgan fingerprint density at radius 2 is 0.523 bits per heavy atom. The van der Waals surface area contributed by atoms with Gasteiger partial charge in [0.15, 0.2) is 12.2 Å². The van der Waals surface area contributed by atoms with E-state index in [0.717, 1.165) is 102 Å². The molecule has 88 heavy (non-hydrogen) atoms. The second-order valence-electron chi connectivity index (χ2n) is 25.9. The number of phosphoric ester groups is 2. The summed E-state index contributed by atoms with van der Waals surface area (Å²) in [4.78, 5) is 72.5. The van der Waals surface area contributed by atoms with Gasteiger partial charge in [-0.05, 0) is 37.5 Å². The first-order valence-electron chi connectivity index (χ1n) is 36.0. The first kappa shape index (κ1) is 86.1. The predicted octanol–water partition coefficient (Wildman–Crippen LogP) is 19.6. The monoisotopic (exact) mass is 1300 g/mol. The summed E-state index contributed by atoms with van der Waals surface area (Å²) in [5.41, 5.74) is 0. The highest BCUT2D eigenvalue weighted by Crippen LogP contribution is 2.45. The third-order valence-corrected chi connectivity index (χ3v) is 17.9. The van der Waals surface area contributed by atoms with Crippen molar-refractivity contribution in [2.45, 2.75) is 368 Å². The molecular weight excluding hydrogens is 1160 g/mol. The van der Waals surface area contributed by atoms with Crippen LogP contribution in [0.2, 0.25) is 0 Å². The van der Waals surface area contributed by atoms with E-state index in [1.807, 2.05) is 0 Å². The Hall–Kier alpha value is -1.94. The number of rotatable bonds is 68. The molecule has 0 aliphatic carbocycles. The summed E-state index contributed by atoms with van der Waals surface area (Å²) < 4.78 is 68.2. The predicted molar refractivity (Wildman–Crippen MR) is 354 cm³/mol. The van der Waals surface area contributed by atoms with Gasteiger partial charge in [0.05, 0.1) is 26.4 Å². The van der Waals surface area contributed by atoms with Crippen molar-refractivity contribution in [3.63, 3.8) is 0 Å². The van der Waals surface area contributed by atoms with Crippen LogP contribution in [0.5, 0.6) is 0 Å². The van der Waals surface area contributed by atoms with Crippen LogP contribution in [0.15, 0.2) is 0 Å². The second kappa shape index (κ2) is 61.3. The van der Waals surface area contributed by atoms with Gasteiger partial charge in [-0.15, -0.1) is 0 Å². The van der Waals surface area contributed by atoms with Gasteiger partial charge in [-0.25, -0.2) is 9.13 Å². The van der Waals surface area contributed by atoms with E-state index in [0.29, 0.717) is 31.6 Å². The molecule has 0 saturated heterocycles. The normalized spacial score (nSPS) is 14.2. The van der Waals surface area contributed by atoms with Crippen LogP contribution in [-0.4, -0.2) is 96.7 Å². The van der Waals surface area contributed by atoms with Crippen molar-refractivity contribution in [3.8, 4) is 0 Å². The highest BCUT2D eigenvalue weighted by molar-refractivity contribution is 7.47. The fourth-order valence-electron chi connectivity index (χ4n) is 10.4. The number of phosphoric acid groups is 2. The number of unbranched alkanes of at least 4 members (excludes halogenated alkanes) is 38. The molecule has 0 saturated carbocycles. The smallest absolute Gasteiger partial charge is 0.462 e. The molecule has 0 spiro atoms. The Morgan fingerprint density at radius 3 is 0.773 bits per heavy atom. The van der Waals surface area contributed by atoms with E-state index < -0.39 is 97.5 Å². The van der Waals surface area contributed by atoms with Gasteiger partial charge in [0.1, 0.15) is 19.3 Å². The highest BCUT2D eigenvalue weighted by Gasteiger charge is 2.30. The maximum atomic E-state index is 13.0. The number of aliphatic hydroxyl groups excluding tert-OH is 1. The number of hydrogen-bond donors (Lipinski definition) is 3. The Labute approximate surface area is 537 Å². The molecule has 0 aromatic heterocycles. The van der Waals surface area contributed by atoms with Crippen LogP contribution in [-0.2, 0) is 65.4 Å². The zero-order valence-electron chi connectivity index (χ0n) is 57.0. The lowest BCUT2D eigenvalue weighted by molar-refractivity contribution is -0.161. The number of hydrogen-bond acceptors (Lipinski definition) is 15. The lowest BCUT2D eigenvalue weighted by Crippen LogP contribution is -2.30. The van der Waals surface area contributed by atoms with Crippen LogP contribution in [0.1, 0.15) is 350 Å². The first-order valence-corrected chi connectivity index (χ1v) is 39.0. The number of carbonyl (C=O) groups excluding carboxylic acids is 4. The van der Waals surface area contributed by atoms with E-state index in [1.165, 1.54) is 161 Å². The van der Waals surface area contributed by atoms with Crippen molar-refractivity contribution in [2.75, 3.05) is 39.6 Å². The lowest BCUT2D eigenvalue weighted by Gasteiger charge is -2.21. The number of ether oxygens (including phenoxy) is 4. The van der Waals surface area contributed by atoms with Crippen molar-refractivity contribution in [1.29, 1.82) is 0 Å². The largest absolute Gasteiger partial charge is 0.472 e. The third-order valence-electron chi connectivity index (χ3n) is 16.0. The molecule has 522 valence electrons. The standard InChI is InChI=1S/C69H134O17P2/c1-7-9-11-13-15-17-19-24-27-33-39-45-51-66(71)79-57-64(85-69(74)54-48-42-35-29-25-21-20-23-26-31-37-43-49-61(3)4)59-83-87(75,76)81-55-63(70)56-82-88(77,78)84-60-65(58-80-67(72)52-46-40-36-30-32-38-44-50-62(5)6)86-68(73)53-47-41-34-28-22-18-16-14-12-10-8-2/h61-65,70H,7-60H2,1-6H3,(H,75,76)(H,77,78)/t63-,64-,65-/m1/s1. The van der Waals surface area contributed by atoms with E-state index in [1.54, 1.807) is 0 Å². The van der Waals surface area contributed by atoms with E-state index in [9.17, 15) is 43.2 Å². The second-order valence-corrected chi connectivity index (χ2v) is 28.8. The van der Waals surface area contributed by atoms with Gasteiger partial charge in [0, 0.05) is 25.7 Å². The average molecular weight is 1300 g/mol. The average Bonchev–Trinajstić information content (AvgIpc) is 3.64. The van der Waals surface area contributed by atoms with Crippen LogP contribution in [0, 0.1) is 11.8 Å². The zero-order chi connectivity index (χ0) is 65.0. The summed E-state index contributed by atoms with van der Waals surface area (Å²) in [5, 5.41) is 10.6. The minimum atomic E-state index is -4.95. The first-order chi connectivity index (χ1) is 42.4. The fourth-order valence-corrected chi connectivity index (χ4v) is 12.0. The molecule has 0 rings (SSSR count). The van der Waals surface area contributed by atoms with Gasteiger partial charge < -0.3 is 33.8 Å². The van der Waals surface area contributed by atoms with E-state index >= 15 is 0 Å². The van der Waals surface area contributed by atoms with Gasteiger partial charge in [0.25, 0.3) is 0 Å². The van der Waals surface area contributed by atoms with Gasteiger partial charge in [-0.2, -0.15) is 0 Å². The minimum absolute atomic E-state index is 0.106. The summed E-state index contributed by atoms with van der Waals surface area (Å²) in [7, 11) is -9.90. The van der Waals surface area contributed by atoms with Gasteiger partial charge in [-0.3, -0.25) is 37.3 Å². The molecule has 19 heteroatoms. The molecule has 0 amide bonds. The van der Waals surface area contributed by atoms with Crippen molar-refractivity contribution >= 4 is 39.5 Å². The van der Waals surface area contributed by atoms with Crippen LogP contribution in [0.4, 0.5) is 0 Å². The fraction of sp³-hybridized carbons (Fsp3) is 0.942. The molecular formula is C69H134O17P2. The molecule has 0 aromatic carbocycles. The van der Waals surface area contributed by atoms with E-state index in [-0.39, 0.29) is 25.7 Å². The Morgan fingerprint density at radius 1 is 0.307 bits per heavy atom. The molecule has 2 unspecified atom stereocenters. The summed E-state index contributed by atoms with van der Waals surface area (Å²) >= 11 is 0. The quantitative estimate of drug-likeness (QED) is 0.0222. The number of aliphatic hydroxyl groups is 1. The molecule has 5 atom stereocenters. The molecule has 17 nitrogen and oxygen atoms in total. The molecule has 0 bridgehead atoms. The molecule has 0 heterocycles. The van der Waals surface area contributed by atoms with Gasteiger partial charge in [0.2, 0.25) is 0 Å². The van der Waals surface area contributed by atoms with Gasteiger partial charge >= 0.3 is 39.5 Å². The molecule has 0 aliphatic heterocycles. The van der Waals surface area contributed by atoms with E-state index in [4.69, 9.17) is 37.0 Å². The summed E-state index contributed by atoms with van der Waals surface area (Å²) in [5.74, 6) is -0.643. The van der Waals surface area contributed by atoms with Crippen molar-refractivity contribution in [1.82, 2.24) is 0 Å². The Bertz CT molecular complexity index is 1720. The number of carbonyl (C=O) groups is 4. The molecule has 0 fully saturated rings. The van der Waals surface area contributed by atoms with Crippen LogP contribution in [0.3, 0.4) is 0 Å². The Kier molecular flexibility index (Phi) is 59.9. The minimum Gasteiger partial charge on any atom is -0.462 e. The van der Waals surface area contributed by atoms with Crippen molar-refractivity contribution in [2.24, 2.45) is 11.8 Å². The van der Waals surface area contributed by atoms with Crippen LogP contribution >= 0.6 is 15.6 Å².